The van der Waals surface area contributed by atoms with E-state index in [-0.39, 0.29) is 17.2 Å². The second-order valence-electron chi connectivity index (χ2n) is 4.62. The molecule has 0 spiro atoms. The molecule has 0 aromatic heterocycles. The Morgan fingerprint density at radius 1 is 1.18 bits per heavy atom. The van der Waals surface area contributed by atoms with Gasteiger partial charge in [-0.05, 0) is 37.3 Å². The molecule has 0 aliphatic rings. The average Bonchev–Trinajstić information content (AvgIpc) is 2.47. The molecule has 0 aliphatic heterocycles. The van der Waals surface area contributed by atoms with Gasteiger partial charge in [-0.25, -0.2) is 0 Å². The summed E-state index contributed by atoms with van der Waals surface area (Å²) in [6, 6.07) is 13.3. The van der Waals surface area contributed by atoms with Crippen molar-refractivity contribution in [3.63, 3.8) is 0 Å². The maximum atomic E-state index is 12.1. The number of carbonyl (C=O) groups is 2. The zero-order valence-corrected chi connectivity index (χ0v) is 12.6. The summed E-state index contributed by atoms with van der Waals surface area (Å²) in [5.74, 6) is -0.705. The number of primary amides is 1. The van der Waals surface area contributed by atoms with Crippen LogP contribution in [0.15, 0.2) is 48.5 Å². The zero-order chi connectivity index (χ0) is 16.1. The van der Waals surface area contributed by atoms with E-state index in [2.05, 4.69) is 5.32 Å². The molecule has 0 saturated heterocycles. The minimum absolute atomic E-state index is 0.227. The monoisotopic (exact) mass is 318 g/mol. The minimum atomic E-state index is -0.806. The second kappa shape index (κ2) is 6.95. The van der Waals surface area contributed by atoms with Gasteiger partial charge in [0.05, 0.1) is 5.56 Å². The molecule has 22 heavy (non-hydrogen) atoms. The van der Waals surface area contributed by atoms with E-state index in [9.17, 15) is 9.59 Å². The summed E-state index contributed by atoms with van der Waals surface area (Å²) in [5.41, 5.74) is 6.07. The Kier molecular flexibility index (Phi) is 5.01. The lowest BCUT2D eigenvalue weighted by atomic mass is 10.2. The van der Waals surface area contributed by atoms with E-state index in [0.717, 1.165) is 0 Å². The Bertz CT molecular complexity index is 703. The number of rotatable bonds is 5. The molecule has 3 N–H and O–H groups in total. The van der Waals surface area contributed by atoms with Crippen molar-refractivity contribution in [1.29, 1.82) is 0 Å². The van der Waals surface area contributed by atoms with Gasteiger partial charge >= 0.3 is 0 Å². The van der Waals surface area contributed by atoms with Gasteiger partial charge in [-0.2, -0.15) is 0 Å². The fourth-order valence-electron chi connectivity index (χ4n) is 1.83. The highest BCUT2D eigenvalue weighted by atomic mass is 35.5. The molecule has 2 rings (SSSR count). The third kappa shape index (κ3) is 3.99. The van der Waals surface area contributed by atoms with Crippen molar-refractivity contribution < 1.29 is 14.3 Å². The van der Waals surface area contributed by atoms with Gasteiger partial charge in [0.15, 0.2) is 6.10 Å². The predicted octanol–water partition coefficient (Wildman–Crippen LogP) is 2.84. The third-order valence-electron chi connectivity index (χ3n) is 2.92. The minimum Gasteiger partial charge on any atom is -0.480 e. The molecule has 0 aliphatic carbocycles. The number of amides is 2. The van der Waals surface area contributed by atoms with Crippen molar-refractivity contribution in [2.45, 2.75) is 13.0 Å². The Morgan fingerprint density at radius 3 is 2.59 bits per heavy atom. The van der Waals surface area contributed by atoms with Crippen LogP contribution >= 0.6 is 11.6 Å². The van der Waals surface area contributed by atoms with E-state index in [0.29, 0.717) is 10.7 Å². The summed E-state index contributed by atoms with van der Waals surface area (Å²) >= 11 is 5.86. The molecule has 0 heterocycles. The Labute approximate surface area is 133 Å². The summed E-state index contributed by atoms with van der Waals surface area (Å²) in [6.07, 6.45) is -0.806. The van der Waals surface area contributed by atoms with Gasteiger partial charge < -0.3 is 15.8 Å². The van der Waals surface area contributed by atoms with Crippen molar-refractivity contribution >= 4 is 29.1 Å². The van der Waals surface area contributed by atoms with Gasteiger partial charge in [-0.15, -0.1) is 0 Å². The van der Waals surface area contributed by atoms with E-state index < -0.39 is 12.0 Å². The van der Waals surface area contributed by atoms with Gasteiger partial charge in [0, 0.05) is 10.7 Å². The number of ether oxygens (including phenoxy) is 1. The van der Waals surface area contributed by atoms with Crippen LogP contribution in [-0.2, 0) is 4.79 Å². The predicted molar refractivity (Wildman–Crippen MR) is 85.1 cm³/mol. The number of hydrogen-bond acceptors (Lipinski definition) is 3. The lowest BCUT2D eigenvalue weighted by molar-refractivity contribution is -0.122. The number of benzene rings is 2. The summed E-state index contributed by atoms with van der Waals surface area (Å²) in [7, 11) is 0. The van der Waals surface area contributed by atoms with Gasteiger partial charge in [0.25, 0.3) is 11.8 Å². The number of hydrogen-bond donors (Lipinski definition) is 2. The molecule has 2 aromatic carbocycles. The maximum absolute atomic E-state index is 12.1. The van der Waals surface area contributed by atoms with E-state index in [1.54, 1.807) is 55.5 Å². The molecule has 0 unspecified atom stereocenters. The van der Waals surface area contributed by atoms with Crippen molar-refractivity contribution in [3.05, 3.63) is 59.1 Å². The first-order valence-electron chi connectivity index (χ1n) is 6.59. The first-order chi connectivity index (χ1) is 10.5. The van der Waals surface area contributed by atoms with Crippen LogP contribution in [0.1, 0.15) is 17.3 Å². The molecule has 0 saturated carbocycles. The van der Waals surface area contributed by atoms with Crippen molar-refractivity contribution in [2.75, 3.05) is 5.32 Å². The lowest BCUT2D eigenvalue weighted by Crippen LogP contribution is -2.30. The highest BCUT2D eigenvalue weighted by molar-refractivity contribution is 6.30. The van der Waals surface area contributed by atoms with Crippen molar-refractivity contribution in [3.8, 4) is 5.75 Å². The molecular weight excluding hydrogens is 304 g/mol. The molecule has 0 radical (unpaired) electrons. The molecule has 6 heteroatoms. The first-order valence-corrected chi connectivity index (χ1v) is 6.97. The molecular formula is C16H15ClN2O3. The Hall–Kier alpha value is -2.53. The summed E-state index contributed by atoms with van der Waals surface area (Å²) in [6.45, 7) is 1.58. The number of nitrogens with two attached hydrogens (primary N) is 1. The third-order valence-corrected chi connectivity index (χ3v) is 3.15. The molecule has 0 fully saturated rings. The van der Waals surface area contributed by atoms with Crippen LogP contribution in [0.4, 0.5) is 5.69 Å². The van der Waals surface area contributed by atoms with E-state index in [4.69, 9.17) is 22.1 Å². The first kappa shape index (κ1) is 15.9. The normalized spacial score (nSPS) is 11.5. The van der Waals surface area contributed by atoms with Crippen molar-refractivity contribution in [1.82, 2.24) is 0 Å². The molecule has 2 amide bonds. The van der Waals surface area contributed by atoms with Crippen LogP contribution in [0, 0.1) is 0 Å². The topological polar surface area (TPSA) is 81.4 Å². The van der Waals surface area contributed by atoms with Crippen LogP contribution in [0.25, 0.3) is 0 Å². The van der Waals surface area contributed by atoms with Crippen LogP contribution in [0.2, 0.25) is 5.02 Å². The molecule has 1 atom stereocenters. The Balaban J connectivity index is 2.07. The second-order valence-corrected chi connectivity index (χ2v) is 5.06. The molecule has 114 valence electrons. The fraction of sp³-hybridized carbons (Fsp3) is 0.125. The maximum Gasteiger partial charge on any atom is 0.265 e. The largest absolute Gasteiger partial charge is 0.480 e. The van der Waals surface area contributed by atoms with Crippen LogP contribution in [0.5, 0.6) is 5.75 Å². The standard InChI is InChI=1S/C16H15ClN2O3/c1-10(16(21)19-12-6-4-5-11(17)9-12)22-14-8-3-2-7-13(14)15(18)20/h2-10H,1H3,(H2,18,20)(H,19,21)/t10-/m0/s1. The lowest BCUT2D eigenvalue weighted by Gasteiger charge is -2.16. The van der Waals surface area contributed by atoms with Crippen molar-refractivity contribution in [2.24, 2.45) is 5.73 Å². The highest BCUT2D eigenvalue weighted by Gasteiger charge is 2.18. The van der Waals surface area contributed by atoms with Crippen LogP contribution < -0.4 is 15.8 Å². The number of para-hydroxylation sites is 1. The van der Waals surface area contributed by atoms with Gasteiger partial charge in [0.1, 0.15) is 5.75 Å². The SMILES string of the molecule is C[C@H](Oc1ccccc1C(N)=O)C(=O)Nc1cccc(Cl)c1. The average molecular weight is 319 g/mol. The number of anilines is 1. The quantitative estimate of drug-likeness (QED) is 0.889. The number of halogens is 1. The van der Waals surface area contributed by atoms with Gasteiger partial charge in [0.2, 0.25) is 0 Å². The summed E-state index contributed by atoms with van der Waals surface area (Å²) in [4.78, 5) is 23.4. The Morgan fingerprint density at radius 2 is 1.91 bits per heavy atom. The summed E-state index contributed by atoms with van der Waals surface area (Å²) in [5, 5.41) is 3.21. The van der Waals surface area contributed by atoms with E-state index >= 15 is 0 Å². The zero-order valence-electron chi connectivity index (χ0n) is 11.9. The molecule has 5 nitrogen and oxygen atoms in total. The smallest absolute Gasteiger partial charge is 0.265 e. The molecule has 2 aromatic rings. The highest BCUT2D eigenvalue weighted by Crippen LogP contribution is 2.20. The van der Waals surface area contributed by atoms with Crippen LogP contribution in [-0.4, -0.2) is 17.9 Å². The van der Waals surface area contributed by atoms with Gasteiger partial charge in [-0.1, -0.05) is 29.8 Å². The van der Waals surface area contributed by atoms with E-state index in [1.165, 1.54) is 0 Å². The summed E-state index contributed by atoms with van der Waals surface area (Å²) < 4.78 is 5.53. The van der Waals surface area contributed by atoms with Gasteiger partial charge in [-0.3, -0.25) is 9.59 Å². The number of nitrogens with one attached hydrogen (secondary N) is 1. The van der Waals surface area contributed by atoms with E-state index in [1.807, 2.05) is 0 Å². The fourth-order valence-corrected chi connectivity index (χ4v) is 2.02. The molecule has 0 bridgehead atoms. The van der Waals surface area contributed by atoms with Crippen LogP contribution in [0.3, 0.4) is 0 Å². The number of carbonyl (C=O) groups excluding carboxylic acids is 2.